The van der Waals surface area contributed by atoms with E-state index in [-0.39, 0.29) is 5.92 Å². The Hall–Kier alpha value is -1.06. The predicted octanol–water partition coefficient (Wildman–Crippen LogP) is 2.89. The summed E-state index contributed by atoms with van der Waals surface area (Å²) < 4.78 is 11.1. The minimum Gasteiger partial charge on any atom is -0.491 e. The Bertz CT molecular complexity index is 408. The van der Waals surface area contributed by atoms with Gasteiger partial charge >= 0.3 is 0 Å². The van der Waals surface area contributed by atoms with E-state index in [1.54, 1.807) is 0 Å². The number of aliphatic hydroxyl groups is 1. The highest BCUT2D eigenvalue weighted by Gasteiger charge is 2.24. The molecule has 0 aliphatic carbocycles. The van der Waals surface area contributed by atoms with Crippen molar-refractivity contribution in [2.24, 2.45) is 5.92 Å². The average molecular weight is 264 g/mol. The molecule has 0 saturated carbocycles. The van der Waals surface area contributed by atoms with Crippen molar-refractivity contribution in [1.82, 2.24) is 0 Å². The van der Waals surface area contributed by atoms with Gasteiger partial charge in [-0.25, -0.2) is 0 Å². The molecule has 1 N–H and O–H groups in total. The van der Waals surface area contributed by atoms with E-state index >= 15 is 0 Å². The van der Waals surface area contributed by atoms with E-state index in [1.807, 2.05) is 6.07 Å². The van der Waals surface area contributed by atoms with Crippen LogP contribution in [0.4, 0.5) is 0 Å². The molecule has 1 heterocycles. The van der Waals surface area contributed by atoms with E-state index in [2.05, 4.69) is 32.9 Å². The molecule has 0 aromatic heterocycles. The summed E-state index contributed by atoms with van der Waals surface area (Å²) in [6.07, 6.45) is 0.484. The molecule has 1 fully saturated rings. The number of rotatable bonds is 5. The molecule has 3 nitrogen and oxygen atoms in total. The maximum Gasteiger partial charge on any atom is 0.123 e. The lowest BCUT2D eigenvalue weighted by Crippen LogP contribution is -2.27. The van der Waals surface area contributed by atoms with Crippen LogP contribution in [0.15, 0.2) is 18.2 Å². The molecule has 2 unspecified atom stereocenters. The molecule has 1 aromatic rings. The van der Waals surface area contributed by atoms with Crippen molar-refractivity contribution in [1.29, 1.82) is 0 Å². The first-order chi connectivity index (χ1) is 9.08. The topological polar surface area (TPSA) is 38.7 Å². The van der Waals surface area contributed by atoms with Crippen molar-refractivity contribution in [3.8, 4) is 5.75 Å². The van der Waals surface area contributed by atoms with Crippen molar-refractivity contribution in [3.63, 3.8) is 0 Å². The molecule has 106 valence electrons. The van der Waals surface area contributed by atoms with E-state index in [9.17, 15) is 5.11 Å². The number of ether oxygens (including phenoxy) is 2. The first kappa shape index (κ1) is 14.4. The van der Waals surface area contributed by atoms with Gasteiger partial charge < -0.3 is 14.6 Å². The van der Waals surface area contributed by atoms with Crippen molar-refractivity contribution >= 4 is 0 Å². The molecule has 0 spiro atoms. The first-order valence-electron chi connectivity index (χ1n) is 7.07. The van der Waals surface area contributed by atoms with Crippen LogP contribution in [0.1, 0.15) is 37.3 Å². The van der Waals surface area contributed by atoms with E-state index in [0.717, 1.165) is 18.8 Å². The SMILES string of the molecule is Cc1ccc(C(C)C)c(OCC(O)C2CCOC2)c1. The molecule has 1 aliphatic heterocycles. The summed E-state index contributed by atoms with van der Waals surface area (Å²) in [6.45, 7) is 8.10. The van der Waals surface area contributed by atoms with Crippen LogP contribution in [0.25, 0.3) is 0 Å². The lowest BCUT2D eigenvalue weighted by Gasteiger charge is -2.20. The van der Waals surface area contributed by atoms with Gasteiger partial charge in [0.1, 0.15) is 12.4 Å². The molecule has 2 atom stereocenters. The van der Waals surface area contributed by atoms with E-state index in [1.165, 1.54) is 11.1 Å². The standard InChI is InChI=1S/C16H24O3/c1-11(2)14-5-4-12(3)8-16(14)19-10-15(17)13-6-7-18-9-13/h4-5,8,11,13,15,17H,6-7,9-10H2,1-3H3. The van der Waals surface area contributed by atoms with E-state index in [4.69, 9.17) is 9.47 Å². The second kappa shape index (κ2) is 6.40. The third kappa shape index (κ3) is 3.71. The van der Waals surface area contributed by atoms with E-state index < -0.39 is 6.10 Å². The Morgan fingerprint density at radius 3 is 2.84 bits per heavy atom. The van der Waals surface area contributed by atoms with Gasteiger partial charge in [-0.05, 0) is 36.5 Å². The number of aliphatic hydroxyl groups excluding tert-OH is 1. The van der Waals surface area contributed by atoms with Crippen LogP contribution in [0.2, 0.25) is 0 Å². The Morgan fingerprint density at radius 2 is 2.21 bits per heavy atom. The van der Waals surface area contributed by atoms with Gasteiger partial charge in [0.2, 0.25) is 0 Å². The van der Waals surface area contributed by atoms with Gasteiger partial charge in [-0.2, -0.15) is 0 Å². The van der Waals surface area contributed by atoms with Crippen LogP contribution in [0.3, 0.4) is 0 Å². The van der Waals surface area contributed by atoms with Crippen LogP contribution in [-0.4, -0.2) is 31.0 Å². The lowest BCUT2D eigenvalue weighted by molar-refractivity contribution is 0.0495. The van der Waals surface area contributed by atoms with Crippen LogP contribution in [0.5, 0.6) is 5.75 Å². The molecule has 0 radical (unpaired) electrons. The highest BCUT2D eigenvalue weighted by molar-refractivity contribution is 5.39. The fourth-order valence-corrected chi connectivity index (χ4v) is 2.41. The Balaban J connectivity index is 1.99. The second-order valence-electron chi connectivity index (χ2n) is 5.70. The molecule has 1 aromatic carbocycles. The first-order valence-corrected chi connectivity index (χ1v) is 7.07. The summed E-state index contributed by atoms with van der Waals surface area (Å²) >= 11 is 0. The molecular weight excluding hydrogens is 240 g/mol. The maximum atomic E-state index is 10.1. The van der Waals surface area contributed by atoms with Crippen LogP contribution in [-0.2, 0) is 4.74 Å². The minimum atomic E-state index is -0.442. The van der Waals surface area contributed by atoms with Gasteiger partial charge in [0.15, 0.2) is 0 Å². The molecule has 3 heteroatoms. The van der Waals surface area contributed by atoms with Gasteiger partial charge in [0, 0.05) is 12.5 Å². The van der Waals surface area contributed by atoms with Gasteiger partial charge in [-0.1, -0.05) is 26.0 Å². The number of hydrogen-bond acceptors (Lipinski definition) is 3. The summed E-state index contributed by atoms with van der Waals surface area (Å²) in [7, 11) is 0. The van der Waals surface area contributed by atoms with Gasteiger partial charge in [-0.3, -0.25) is 0 Å². The highest BCUT2D eigenvalue weighted by atomic mass is 16.5. The normalized spacial score (nSPS) is 20.8. The van der Waals surface area contributed by atoms with Gasteiger partial charge in [-0.15, -0.1) is 0 Å². The highest BCUT2D eigenvalue weighted by Crippen LogP contribution is 2.28. The Morgan fingerprint density at radius 1 is 1.42 bits per heavy atom. The zero-order chi connectivity index (χ0) is 13.8. The third-order valence-electron chi connectivity index (χ3n) is 3.71. The quantitative estimate of drug-likeness (QED) is 0.888. The number of aryl methyl sites for hydroxylation is 1. The zero-order valence-corrected chi connectivity index (χ0v) is 12.1. The van der Waals surface area contributed by atoms with Crippen LogP contribution >= 0.6 is 0 Å². The smallest absolute Gasteiger partial charge is 0.123 e. The average Bonchev–Trinajstić information content (AvgIpc) is 2.89. The fraction of sp³-hybridized carbons (Fsp3) is 0.625. The Labute approximate surface area is 115 Å². The molecule has 1 saturated heterocycles. The zero-order valence-electron chi connectivity index (χ0n) is 12.1. The van der Waals surface area contributed by atoms with Gasteiger partial charge in [0.25, 0.3) is 0 Å². The molecule has 0 bridgehead atoms. The van der Waals surface area contributed by atoms with Crippen molar-refractivity contribution < 1.29 is 14.6 Å². The number of benzene rings is 1. The third-order valence-corrected chi connectivity index (χ3v) is 3.71. The lowest BCUT2D eigenvalue weighted by atomic mass is 10.00. The van der Waals surface area contributed by atoms with E-state index in [0.29, 0.717) is 19.1 Å². The summed E-state index contributed by atoms with van der Waals surface area (Å²) in [4.78, 5) is 0. The van der Waals surface area contributed by atoms with Crippen molar-refractivity contribution in [2.45, 2.75) is 39.2 Å². The molecule has 0 amide bonds. The Kier molecular flexibility index (Phi) is 4.83. The van der Waals surface area contributed by atoms with Crippen molar-refractivity contribution in [2.75, 3.05) is 19.8 Å². The summed E-state index contributed by atoms with van der Waals surface area (Å²) in [6, 6.07) is 6.26. The fourth-order valence-electron chi connectivity index (χ4n) is 2.41. The number of hydrogen-bond donors (Lipinski definition) is 1. The second-order valence-corrected chi connectivity index (χ2v) is 5.70. The maximum absolute atomic E-state index is 10.1. The van der Waals surface area contributed by atoms with Crippen LogP contribution in [0, 0.1) is 12.8 Å². The molecular formula is C16H24O3. The monoisotopic (exact) mass is 264 g/mol. The minimum absolute atomic E-state index is 0.215. The van der Waals surface area contributed by atoms with Crippen molar-refractivity contribution in [3.05, 3.63) is 29.3 Å². The largest absolute Gasteiger partial charge is 0.491 e. The van der Waals surface area contributed by atoms with Gasteiger partial charge in [0.05, 0.1) is 12.7 Å². The van der Waals surface area contributed by atoms with Crippen LogP contribution < -0.4 is 4.74 Å². The molecule has 1 aliphatic rings. The molecule has 19 heavy (non-hydrogen) atoms. The summed E-state index contributed by atoms with van der Waals surface area (Å²) in [5, 5.41) is 10.1. The molecule has 2 rings (SSSR count). The predicted molar refractivity (Wildman–Crippen MR) is 75.7 cm³/mol. The summed E-state index contributed by atoms with van der Waals surface area (Å²) in [5.41, 5.74) is 2.37. The summed E-state index contributed by atoms with van der Waals surface area (Å²) in [5.74, 6) is 1.53.